The summed E-state index contributed by atoms with van der Waals surface area (Å²) in [5.74, 6) is 0. The van der Waals surface area contributed by atoms with Crippen LogP contribution in [0.4, 0.5) is 5.69 Å². The van der Waals surface area contributed by atoms with Crippen molar-refractivity contribution in [3.63, 3.8) is 0 Å². The van der Waals surface area contributed by atoms with E-state index in [1.165, 1.54) is 57.3 Å². The van der Waals surface area contributed by atoms with Gasteiger partial charge in [-0.2, -0.15) is 0 Å². The Balaban J connectivity index is 1.34. The predicted octanol–water partition coefficient (Wildman–Crippen LogP) is 4.34. The Morgan fingerprint density at radius 1 is 0.833 bits per heavy atom. The third-order valence-corrected chi connectivity index (χ3v) is 6.99. The molecule has 1 aliphatic rings. The summed E-state index contributed by atoms with van der Waals surface area (Å²) in [4.78, 5) is 4.26. The Morgan fingerprint density at radius 2 is 1.60 bits per heavy atom. The normalized spacial score (nSPS) is 15.4. The van der Waals surface area contributed by atoms with Gasteiger partial charge in [-0.25, -0.2) is 0 Å². The molecule has 30 heavy (non-hydrogen) atoms. The minimum Gasteiger partial charge on any atom is -0.360 e. The SMILES string of the molecule is CCn1c2ccccc2c2cc(C[NH+]3CCN(c4cccc(C)c4C)CC3)ccc21. The number of benzene rings is 3. The van der Waals surface area contributed by atoms with Gasteiger partial charge in [-0.15, -0.1) is 0 Å². The number of hydrogen-bond donors (Lipinski definition) is 1. The van der Waals surface area contributed by atoms with Gasteiger partial charge in [0.2, 0.25) is 0 Å². The lowest BCUT2D eigenvalue weighted by atomic mass is 10.1. The highest BCUT2D eigenvalue weighted by atomic mass is 15.3. The molecular weight excluding hydrogens is 366 g/mol. The fraction of sp³-hybridized carbons (Fsp3) is 0.333. The fourth-order valence-corrected chi connectivity index (χ4v) is 5.16. The number of piperazine rings is 1. The zero-order valence-electron chi connectivity index (χ0n) is 18.4. The zero-order valence-corrected chi connectivity index (χ0v) is 18.4. The fourth-order valence-electron chi connectivity index (χ4n) is 5.16. The smallest absolute Gasteiger partial charge is 0.103 e. The highest BCUT2D eigenvalue weighted by Crippen LogP contribution is 2.29. The Hall–Kier alpha value is -2.78. The number of fused-ring (bicyclic) bond motifs is 3. The summed E-state index contributed by atoms with van der Waals surface area (Å²) in [7, 11) is 0. The summed E-state index contributed by atoms with van der Waals surface area (Å²) in [6, 6.07) is 22.6. The maximum Gasteiger partial charge on any atom is 0.103 e. The molecule has 3 aromatic carbocycles. The Morgan fingerprint density at radius 3 is 2.40 bits per heavy atom. The molecule has 1 N–H and O–H groups in total. The molecule has 1 aromatic heterocycles. The molecule has 0 spiro atoms. The Bertz CT molecular complexity index is 1200. The van der Waals surface area contributed by atoms with E-state index >= 15 is 0 Å². The molecule has 0 atom stereocenters. The van der Waals surface area contributed by atoms with E-state index in [1.54, 1.807) is 4.90 Å². The van der Waals surface area contributed by atoms with Gasteiger partial charge in [-0.05, 0) is 56.2 Å². The molecule has 1 fully saturated rings. The van der Waals surface area contributed by atoms with Gasteiger partial charge >= 0.3 is 0 Å². The van der Waals surface area contributed by atoms with Crippen LogP contribution >= 0.6 is 0 Å². The number of nitrogens with zero attached hydrogens (tertiary/aromatic N) is 2. The van der Waals surface area contributed by atoms with Crippen LogP contribution in [0.15, 0.2) is 60.7 Å². The number of aromatic nitrogens is 1. The topological polar surface area (TPSA) is 12.6 Å². The number of hydrogen-bond acceptors (Lipinski definition) is 1. The molecule has 1 aliphatic heterocycles. The largest absolute Gasteiger partial charge is 0.360 e. The maximum absolute atomic E-state index is 2.57. The van der Waals surface area contributed by atoms with E-state index in [1.807, 2.05) is 0 Å². The summed E-state index contributed by atoms with van der Waals surface area (Å²) >= 11 is 0. The van der Waals surface area contributed by atoms with Crippen molar-refractivity contribution >= 4 is 27.5 Å². The van der Waals surface area contributed by atoms with Gasteiger partial charge in [-0.1, -0.05) is 36.4 Å². The van der Waals surface area contributed by atoms with Gasteiger partial charge in [0.05, 0.1) is 26.2 Å². The molecule has 0 bridgehead atoms. The number of nitrogens with one attached hydrogen (secondary N) is 1. The highest BCUT2D eigenvalue weighted by molar-refractivity contribution is 6.08. The molecule has 1 saturated heterocycles. The molecule has 3 nitrogen and oxygen atoms in total. The van der Waals surface area contributed by atoms with Crippen LogP contribution in [0.2, 0.25) is 0 Å². The maximum atomic E-state index is 2.57. The van der Waals surface area contributed by atoms with Gasteiger partial charge < -0.3 is 14.4 Å². The van der Waals surface area contributed by atoms with E-state index in [-0.39, 0.29) is 0 Å². The van der Waals surface area contributed by atoms with Crippen molar-refractivity contribution in [2.45, 2.75) is 33.9 Å². The van der Waals surface area contributed by atoms with E-state index in [0.29, 0.717) is 0 Å². The van der Waals surface area contributed by atoms with Crippen molar-refractivity contribution in [2.75, 3.05) is 31.1 Å². The van der Waals surface area contributed by atoms with Crippen LogP contribution in [0.25, 0.3) is 21.8 Å². The number of quaternary nitrogens is 1. The van der Waals surface area contributed by atoms with Crippen LogP contribution in [0.5, 0.6) is 0 Å². The summed E-state index contributed by atoms with van der Waals surface area (Å²) in [6.07, 6.45) is 0. The van der Waals surface area contributed by atoms with E-state index in [4.69, 9.17) is 0 Å². The lowest BCUT2D eigenvalue weighted by Gasteiger charge is -2.34. The van der Waals surface area contributed by atoms with Crippen molar-refractivity contribution in [3.05, 3.63) is 77.4 Å². The third-order valence-electron chi connectivity index (χ3n) is 6.99. The second-order valence-corrected chi connectivity index (χ2v) is 8.75. The number of rotatable bonds is 4. The first kappa shape index (κ1) is 19.2. The molecule has 0 saturated carbocycles. The van der Waals surface area contributed by atoms with Gasteiger partial charge in [0, 0.05) is 39.6 Å². The molecule has 5 rings (SSSR count). The number of aryl methyl sites for hydroxylation is 2. The molecule has 0 radical (unpaired) electrons. The van der Waals surface area contributed by atoms with Crippen LogP contribution in [-0.2, 0) is 13.1 Å². The molecule has 0 aliphatic carbocycles. The minimum atomic E-state index is 1.01. The van der Waals surface area contributed by atoms with Crippen molar-refractivity contribution in [2.24, 2.45) is 0 Å². The van der Waals surface area contributed by atoms with Gasteiger partial charge in [0.25, 0.3) is 0 Å². The second-order valence-electron chi connectivity index (χ2n) is 8.75. The quantitative estimate of drug-likeness (QED) is 0.540. The van der Waals surface area contributed by atoms with Gasteiger partial charge in [0.1, 0.15) is 6.54 Å². The highest BCUT2D eigenvalue weighted by Gasteiger charge is 2.22. The van der Waals surface area contributed by atoms with Crippen LogP contribution < -0.4 is 9.80 Å². The lowest BCUT2D eigenvalue weighted by Crippen LogP contribution is -3.13. The van der Waals surface area contributed by atoms with E-state index in [0.717, 1.165) is 26.2 Å². The molecule has 0 amide bonds. The van der Waals surface area contributed by atoms with E-state index in [2.05, 4.69) is 90.9 Å². The standard InChI is InChI=1S/C27H31N3/c1-4-30-26-10-6-5-9-23(26)24-18-22(12-13-27(24)30)19-28-14-16-29(17-15-28)25-11-7-8-20(2)21(25)3/h5-13,18H,4,14-17,19H2,1-3H3/p+1. The molecule has 4 aromatic rings. The molecule has 154 valence electrons. The van der Waals surface area contributed by atoms with Crippen molar-refractivity contribution in [1.29, 1.82) is 0 Å². The van der Waals surface area contributed by atoms with Crippen LogP contribution in [0.3, 0.4) is 0 Å². The first-order valence-corrected chi connectivity index (χ1v) is 11.3. The second kappa shape index (κ2) is 7.81. The van der Waals surface area contributed by atoms with Crippen LogP contribution in [0.1, 0.15) is 23.6 Å². The Kier molecular flexibility index (Phi) is 5.00. The van der Waals surface area contributed by atoms with E-state index in [9.17, 15) is 0 Å². The molecule has 2 heterocycles. The average molecular weight is 399 g/mol. The van der Waals surface area contributed by atoms with Crippen molar-refractivity contribution in [3.8, 4) is 0 Å². The minimum absolute atomic E-state index is 1.01. The van der Waals surface area contributed by atoms with Gasteiger partial charge in [0.15, 0.2) is 0 Å². The van der Waals surface area contributed by atoms with Gasteiger partial charge in [-0.3, -0.25) is 0 Å². The average Bonchev–Trinajstić information content (AvgIpc) is 3.09. The van der Waals surface area contributed by atoms with Crippen molar-refractivity contribution in [1.82, 2.24) is 4.57 Å². The lowest BCUT2D eigenvalue weighted by molar-refractivity contribution is -0.914. The van der Waals surface area contributed by atoms with Crippen LogP contribution in [0, 0.1) is 13.8 Å². The molecule has 3 heteroatoms. The third kappa shape index (κ3) is 3.27. The monoisotopic (exact) mass is 398 g/mol. The van der Waals surface area contributed by atoms with Crippen LogP contribution in [-0.4, -0.2) is 30.7 Å². The first-order chi connectivity index (χ1) is 14.7. The zero-order chi connectivity index (χ0) is 20.7. The van der Waals surface area contributed by atoms with E-state index < -0.39 is 0 Å². The summed E-state index contributed by atoms with van der Waals surface area (Å²) in [5, 5.41) is 2.78. The Labute approximate surface area is 179 Å². The molecular formula is C27H32N3+. The number of anilines is 1. The molecule has 0 unspecified atom stereocenters. The summed E-state index contributed by atoms with van der Waals surface area (Å²) in [5.41, 5.74) is 8.40. The first-order valence-electron chi connectivity index (χ1n) is 11.3. The number of para-hydroxylation sites is 1. The summed E-state index contributed by atoms with van der Waals surface area (Å²) in [6.45, 7) is 13.5. The summed E-state index contributed by atoms with van der Waals surface area (Å²) < 4.78 is 2.43. The van der Waals surface area contributed by atoms with Crippen molar-refractivity contribution < 1.29 is 4.90 Å². The predicted molar refractivity (Wildman–Crippen MR) is 128 cm³/mol.